The SMILES string of the molecule is Cc1c(COc2cc(OCc3cncc(C#N)c3)c(CN3CC(CO)C3)cc2Cl)cccc1-c1cccc(-c2ccc3c(c2)C(=O)N(C)CC(=O)N3CCN2CC(CO)C2)c1C. The van der Waals surface area contributed by atoms with Gasteiger partial charge in [-0.1, -0.05) is 54.1 Å². The molecule has 8 rings (SSSR count). The monoisotopic (exact) mass is 854 g/mol. The summed E-state index contributed by atoms with van der Waals surface area (Å²) in [6.07, 6.45) is 3.19. The van der Waals surface area contributed by atoms with Gasteiger partial charge in [0.1, 0.15) is 37.3 Å². The number of hydrogen-bond donors (Lipinski definition) is 2. The van der Waals surface area contributed by atoms with Gasteiger partial charge in [-0.3, -0.25) is 19.5 Å². The highest BCUT2D eigenvalue weighted by Crippen LogP contribution is 2.39. The number of halogens is 1. The smallest absolute Gasteiger partial charge is 0.256 e. The van der Waals surface area contributed by atoms with Crippen LogP contribution in [-0.2, 0) is 24.6 Å². The van der Waals surface area contributed by atoms with Crippen LogP contribution in [0.3, 0.4) is 0 Å². The van der Waals surface area contributed by atoms with Crippen molar-refractivity contribution in [2.24, 2.45) is 11.8 Å². The van der Waals surface area contributed by atoms with Crippen molar-refractivity contribution in [1.29, 1.82) is 5.26 Å². The van der Waals surface area contributed by atoms with Crippen molar-refractivity contribution in [2.75, 3.05) is 71.0 Å². The number of aliphatic hydroxyl groups excluding tert-OH is 2. The van der Waals surface area contributed by atoms with E-state index < -0.39 is 0 Å². The number of carbonyl (C=O) groups excluding carboxylic acids is 2. The van der Waals surface area contributed by atoms with Gasteiger partial charge in [-0.2, -0.15) is 5.26 Å². The van der Waals surface area contributed by atoms with E-state index in [1.165, 1.54) is 11.1 Å². The topological polar surface area (TPSA) is 143 Å². The van der Waals surface area contributed by atoms with Gasteiger partial charge < -0.3 is 34.4 Å². The molecule has 320 valence electrons. The predicted octanol–water partition coefficient (Wildman–Crippen LogP) is 6.48. The lowest BCUT2D eigenvalue weighted by Crippen LogP contribution is -2.51. The number of fused-ring (bicyclic) bond motifs is 1. The Morgan fingerprint density at radius 1 is 0.774 bits per heavy atom. The van der Waals surface area contributed by atoms with Crippen LogP contribution in [0.15, 0.2) is 85.2 Å². The predicted molar refractivity (Wildman–Crippen MR) is 238 cm³/mol. The molecule has 2 saturated heterocycles. The molecule has 0 spiro atoms. The van der Waals surface area contributed by atoms with Crippen molar-refractivity contribution in [3.63, 3.8) is 0 Å². The molecule has 3 aliphatic heterocycles. The molecule has 0 atom stereocenters. The molecule has 13 heteroatoms. The van der Waals surface area contributed by atoms with Crippen LogP contribution in [0.25, 0.3) is 22.3 Å². The van der Waals surface area contributed by atoms with E-state index in [1.54, 1.807) is 24.2 Å². The van der Waals surface area contributed by atoms with Crippen molar-refractivity contribution >= 4 is 29.1 Å². The fourth-order valence-corrected chi connectivity index (χ4v) is 8.94. The second kappa shape index (κ2) is 18.7. The molecule has 4 heterocycles. The number of aliphatic hydroxyl groups is 2. The summed E-state index contributed by atoms with van der Waals surface area (Å²) < 4.78 is 12.8. The Morgan fingerprint density at radius 2 is 1.47 bits per heavy atom. The zero-order valence-electron chi connectivity index (χ0n) is 35.3. The first-order valence-corrected chi connectivity index (χ1v) is 21.4. The second-order valence-electron chi connectivity index (χ2n) is 16.7. The summed E-state index contributed by atoms with van der Waals surface area (Å²) in [5.74, 6) is 1.33. The zero-order valence-corrected chi connectivity index (χ0v) is 36.1. The first-order valence-electron chi connectivity index (χ1n) is 21.0. The maximum atomic E-state index is 13.7. The van der Waals surface area contributed by atoms with E-state index in [2.05, 4.69) is 52.9 Å². The number of nitriles is 1. The molecule has 0 saturated carbocycles. The highest BCUT2D eigenvalue weighted by Gasteiger charge is 2.33. The Balaban J connectivity index is 1.03. The third-order valence-corrected chi connectivity index (χ3v) is 12.6. The highest BCUT2D eigenvalue weighted by molar-refractivity contribution is 6.32. The molecule has 1 aromatic heterocycles. The minimum Gasteiger partial charge on any atom is -0.488 e. The molecule has 4 aromatic carbocycles. The molecule has 5 aromatic rings. The Morgan fingerprint density at radius 3 is 2.21 bits per heavy atom. The fraction of sp³-hybridized carbons (Fsp3) is 0.347. The van der Waals surface area contributed by atoms with Gasteiger partial charge in [-0.25, -0.2) is 0 Å². The summed E-state index contributed by atoms with van der Waals surface area (Å²) in [6, 6.07) is 25.8. The first-order chi connectivity index (χ1) is 30.0. The fourth-order valence-electron chi connectivity index (χ4n) is 8.69. The molecule has 2 amide bonds. The van der Waals surface area contributed by atoms with Crippen LogP contribution < -0.4 is 14.4 Å². The maximum Gasteiger partial charge on any atom is 0.256 e. The van der Waals surface area contributed by atoms with E-state index in [0.29, 0.717) is 53.0 Å². The van der Waals surface area contributed by atoms with Gasteiger partial charge >= 0.3 is 0 Å². The van der Waals surface area contributed by atoms with Gasteiger partial charge in [0.05, 0.1) is 21.8 Å². The van der Waals surface area contributed by atoms with Crippen LogP contribution >= 0.6 is 11.6 Å². The summed E-state index contributed by atoms with van der Waals surface area (Å²) in [6.45, 7) is 9.90. The molecular weight excluding hydrogens is 804 g/mol. The van der Waals surface area contributed by atoms with Crippen LogP contribution in [0.5, 0.6) is 11.5 Å². The third-order valence-electron chi connectivity index (χ3n) is 12.4. The Hall–Kier alpha value is -5.81. The van der Waals surface area contributed by atoms with Crippen molar-refractivity contribution in [3.8, 4) is 39.8 Å². The second-order valence-corrected chi connectivity index (χ2v) is 17.1. The number of rotatable bonds is 15. The van der Waals surface area contributed by atoms with Gasteiger partial charge in [0.25, 0.3) is 5.91 Å². The molecule has 0 bridgehead atoms. The molecule has 62 heavy (non-hydrogen) atoms. The first kappa shape index (κ1) is 42.9. The van der Waals surface area contributed by atoms with Crippen molar-refractivity contribution < 1.29 is 29.3 Å². The standard InChI is InChI=1S/C49H51ClN6O6/c1-31-38(30-62-47-17-46(61-29-34-14-33(18-51)19-52-20-34)39(16-44(47)50)25-55-23-36(24-55)28-58)6-4-8-41(31)42-9-5-7-40(32(42)2)37-10-11-45-43(15-37)49(60)53(3)26-48(59)56(45)13-12-54-21-35(22-54)27-57/h4-11,14-17,19-20,35-36,57-58H,12-13,21-30H2,1-3H3. The molecule has 12 nitrogen and oxygen atoms in total. The number of hydrogen-bond acceptors (Lipinski definition) is 10. The van der Waals surface area contributed by atoms with Crippen molar-refractivity contribution in [3.05, 3.63) is 129 Å². The number of aromatic nitrogens is 1. The molecule has 0 radical (unpaired) electrons. The van der Waals surface area contributed by atoms with Gasteiger partial charge in [0.2, 0.25) is 5.91 Å². The average molecular weight is 855 g/mol. The zero-order chi connectivity index (χ0) is 43.5. The van der Waals surface area contributed by atoms with Crippen LogP contribution in [0, 0.1) is 37.0 Å². The van der Waals surface area contributed by atoms with E-state index in [1.807, 2.05) is 48.5 Å². The number of likely N-dealkylation sites (tertiary alicyclic amines) is 2. The molecule has 2 fully saturated rings. The normalized spacial score (nSPS) is 16.1. The summed E-state index contributed by atoms with van der Waals surface area (Å²) in [7, 11) is 1.67. The minimum absolute atomic E-state index is 0.00468. The highest BCUT2D eigenvalue weighted by atomic mass is 35.5. The molecule has 3 aliphatic rings. The van der Waals surface area contributed by atoms with Crippen LogP contribution in [0.2, 0.25) is 5.02 Å². The number of benzene rings is 4. The summed E-state index contributed by atoms with van der Waals surface area (Å²) >= 11 is 6.88. The Bertz CT molecular complexity index is 2530. The van der Waals surface area contributed by atoms with Crippen molar-refractivity contribution in [1.82, 2.24) is 19.7 Å². The summed E-state index contributed by atoms with van der Waals surface area (Å²) in [4.78, 5) is 39.0. The largest absolute Gasteiger partial charge is 0.488 e. The lowest BCUT2D eigenvalue weighted by Gasteiger charge is -2.39. The van der Waals surface area contributed by atoms with E-state index in [4.69, 9.17) is 21.1 Å². The third kappa shape index (κ3) is 9.05. The quantitative estimate of drug-likeness (QED) is 0.120. The van der Waals surface area contributed by atoms with E-state index >= 15 is 0 Å². The molecular formula is C49H51ClN6O6. The van der Waals surface area contributed by atoms with Crippen LogP contribution in [0.1, 0.15) is 43.7 Å². The molecule has 0 unspecified atom stereocenters. The number of carbonyl (C=O) groups is 2. The Labute approximate surface area is 367 Å². The lowest BCUT2D eigenvalue weighted by molar-refractivity contribution is -0.119. The van der Waals surface area contributed by atoms with Crippen LogP contribution in [0.4, 0.5) is 5.69 Å². The van der Waals surface area contributed by atoms with E-state index in [9.17, 15) is 25.1 Å². The summed E-state index contributed by atoms with van der Waals surface area (Å²) in [5.41, 5.74) is 10.3. The van der Waals surface area contributed by atoms with Gasteiger partial charge in [-0.15, -0.1) is 0 Å². The van der Waals surface area contributed by atoms with E-state index in [0.717, 1.165) is 76.3 Å². The number of ether oxygens (including phenoxy) is 2. The van der Waals surface area contributed by atoms with E-state index in [-0.39, 0.29) is 56.6 Å². The molecule has 2 N–H and O–H groups in total. The lowest BCUT2D eigenvalue weighted by atomic mass is 9.89. The number of likely N-dealkylation sites (N-methyl/N-ethyl adjacent to an activating group) is 1. The number of anilines is 1. The summed E-state index contributed by atoms with van der Waals surface area (Å²) in [5, 5.41) is 28.8. The Kier molecular flexibility index (Phi) is 12.9. The number of nitrogens with zero attached hydrogens (tertiary/aromatic N) is 6. The minimum atomic E-state index is -0.192. The van der Waals surface area contributed by atoms with Crippen LogP contribution in [-0.4, -0.2) is 108 Å². The number of pyridine rings is 1. The molecule has 0 aliphatic carbocycles. The van der Waals surface area contributed by atoms with Gasteiger partial charge in [0, 0.05) is 107 Å². The van der Waals surface area contributed by atoms with Gasteiger partial charge in [-0.05, 0) is 77.1 Å². The maximum absolute atomic E-state index is 13.7. The average Bonchev–Trinajstić information content (AvgIpc) is 3.33. The van der Waals surface area contributed by atoms with Crippen molar-refractivity contribution in [2.45, 2.75) is 33.6 Å². The number of amides is 2. The van der Waals surface area contributed by atoms with Gasteiger partial charge in [0.15, 0.2) is 0 Å².